The van der Waals surface area contributed by atoms with Gasteiger partial charge >= 0.3 is 41.6 Å². The van der Waals surface area contributed by atoms with Crippen LogP contribution in [0.15, 0.2) is 0 Å². The van der Waals surface area contributed by atoms with Gasteiger partial charge in [-0.2, -0.15) is 20.2 Å². The number of carbonyl (C=O) groups excluding carboxylic acids is 4. The van der Waals surface area contributed by atoms with Crippen LogP contribution in [0.1, 0.15) is 32.1 Å². The second kappa shape index (κ2) is 9.30. The second-order valence-corrected chi connectivity index (χ2v) is 9.44. The van der Waals surface area contributed by atoms with Gasteiger partial charge in [-0.05, 0) is 12.8 Å². The number of carbonyl (C=O) groups is 4. The van der Waals surface area contributed by atoms with Crippen LogP contribution in [0.3, 0.4) is 0 Å². The zero-order valence-electron chi connectivity index (χ0n) is 14.1. The van der Waals surface area contributed by atoms with E-state index in [4.69, 9.17) is 4.55 Å². The molecule has 3 N–H and O–H groups in total. The van der Waals surface area contributed by atoms with E-state index in [1.54, 1.807) is 11.8 Å². The van der Waals surface area contributed by atoms with E-state index in [0.29, 0.717) is 12.8 Å². The number of thioether (sulfide) groups is 1. The first-order valence-corrected chi connectivity index (χ1v) is 10.9. The van der Waals surface area contributed by atoms with Gasteiger partial charge in [0.05, 0.1) is 18.5 Å². The van der Waals surface area contributed by atoms with Gasteiger partial charge in [-0.15, -0.1) is 5.06 Å². The van der Waals surface area contributed by atoms with Crippen molar-refractivity contribution in [2.24, 2.45) is 0 Å². The summed E-state index contributed by atoms with van der Waals surface area (Å²) < 4.78 is 31.0. The molecule has 3 rings (SSSR count). The average molecular weight is 445 g/mol. The van der Waals surface area contributed by atoms with E-state index < -0.39 is 39.6 Å². The van der Waals surface area contributed by atoms with E-state index in [1.165, 1.54) is 0 Å². The Balaban J connectivity index is 0.00000280. The Morgan fingerprint density at radius 3 is 2.61 bits per heavy atom. The molecule has 0 bridgehead atoms. The third kappa shape index (κ3) is 5.19. The Bertz CT molecular complexity index is 777. The number of unbranched alkanes of at least 4 members (excludes halogenated alkanes) is 1. The summed E-state index contributed by atoms with van der Waals surface area (Å²) in [6.07, 6.45) is 1.11. The number of urea groups is 1. The van der Waals surface area contributed by atoms with Crippen LogP contribution in [0.2, 0.25) is 0 Å². The zero-order valence-corrected chi connectivity index (χ0v) is 15.8. The first kappa shape index (κ1) is 23.4. The number of fused-ring (bicyclic) bond motifs is 1. The molecule has 152 valence electrons. The molecule has 0 spiro atoms. The fourth-order valence-corrected chi connectivity index (χ4v) is 5.56. The van der Waals surface area contributed by atoms with Gasteiger partial charge in [-0.3, -0.25) is 14.1 Å². The predicted molar refractivity (Wildman–Crippen MR) is 99.0 cm³/mol. The Morgan fingerprint density at radius 2 is 1.96 bits per heavy atom. The SMILES string of the molecule is O=C1N[C@H]2[C@H](CS[C@H]2CCCCC(=O)ON2C(=O)CC(S(=O)(=O)O)C2=O)N1.[NaH]. The van der Waals surface area contributed by atoms with Crippen molar-refractivity contribution < 1.29 is 37.0 Å². The Morgan fingerprint density at radius 1 is 1.25 bits per heavy atom. The van der Waals surface area contributed by atoms with Crippen molar-refractivity contribution in [2.75, 3.05) is 5.75 Å². The third-order valence-electron chi connectivity index (χ3n) is 4.67. The van der Waals surface area contributed by atoms with Crippen molar-refractivity contribution in [3.05, 3.63) is 0 Å². The first-order valence-electron chi connectivity index (χ1n) is 8.39. The summed E-state index contributed by atoms with van der Waals surface area (Å²) in [5.74, 6) is -2.26. The van der Waals surface area contributed by atoms with Crippen LogP contribution in [0, 0.1) is 0 Å². The molecule has 4 amide bonds. The van der Waals surface area contributed by atoms with Crippen molar-refractivity contribution in [1.82, 2.24) is 15.7 Å². The topological polar surface area (TPSA) is 159 Å². The van der Waals surface area contributed by atoms with Gasteiger partial charge in [-0.1, -0.05) is 6.42 Å². The number of hydroxylamine groups is 2. The number of hydrogen-bond donors (Lipinski definition) is 3. The van der Waals surface area contributed by atoms with E-state index in [1.807, 2.05) is 0 Å². The fourth-order valence-electron chi connectivity index (χ4n) is 3.32. The summed E-state index contributed by atoms with van der Waals surface area (Å²) in [6.45, 7) is 0. The van der Waals surface area contributed by atoms with Crippen molar-refractivity contribution in [3.8, 4) is 0 Å². The van der Waals surface area contributed by atoms with Crippen LogP contribution in [0.25, 0.3) is 0 Å². The Hall–Kier alpha value is -0.860. The molecule has 3 saturated heterocycles. The van der Waals surface area contributed by atoms with E-state index >= 15 is 0 Å². The van der Waals surface area contributed by atoms with E-state index in [-0.39, 0.29) is 64.4 Å². The molecule has 3 heterocycles. The van der Waals surface area contributed by atoms with Crippen LogP contribution in [-0.2, 0) is 29.3 Å². The van der Waals surface area contributed by atoms with Crippen molar-refractivity contribution in [3.63, 3.8) is 0 Å². The van der Waals surface area contributed by atoms with Gasteiger partial charge < -0.3 is 15.5 Å². The average Bonchev–Trinajstić information content (AvgIpc) is 3.19. The molecular weight excluding hydrogens is 425 g/mol. The number of amides is 4. The van der Waals surface area contributed by atoms with Gasteiger partial charge in [0.25, 0.3) is 21.9 Å². The molecule has 3 aliphatic heterocycles. The molecule has 0 aromatic carbocycles. The van der Waals surface area contributed by atoms with Gasteiger partial charge in [-0.25, -0.2) is 9.59 Å². The van der Waals surface area contributed by atoms with E-state index in [2.05, 4.69) is 15.5 Å². The Kier molecular flexibility index (Phi) is 7.78. The van der Waals surface area contributed by atoms with Gasteiger partial charge in [0.2, 0.25) is 0 Å². The van der Waals surface area contributed by atoms with Crippen LogP contribution >= 0.6 is 11.8 Å². The van der Waals surface area contributed by atoms with Crippen LogP contribution in [0.5, 0.6) is 0 Å². The molecule has 3 fully saturated rings. The minimum atomic E-state index is -4.74. The number of hydrogen-bond acceptors (Lipinski definition) is 8. The number of imide groups is 1. The molecule has 0 aliphatic carbocycles. The number of nitrogens with one attached hydrogen (secondary N) is 2. The predicted octanol–water partition coefficient (Wildman–Crippen LogP) is -1.46. The monoisotopic (exact) mass is 445 g/mol. The molecule has 14 heteroatoms. The molecule has 0 saturated carbocycles. The van der Waals surface area contributed by atoms with Crippen molar-refractivity contribution in [1.29, 1.82) is 0 Å². The first-order chi connectivity index (χ1) is 12.7. The maximum absolute atomic E-state index is 11.8. The van der Waals surface area contributed by atoms with Crippen LogP contribution in [-0.4, -0.2) is 99.7 Å². The molecule has 28 heavy (non-hydrogen) atoms. The molecule has 0 aromatic rings. The third-order valence-corrected chi connectivity index (χ3v) is 7.27. The van der Waals surface area contributed by atoms with Gasteiger partial charge in [0.1, 0.15) is 0 Å². The van der Waals surface area contributed by atoms with Crippen molar-refractivity contribution in [2.45, 2.75) is 54.7 Å². The molecule has 0 aromatic heterocycles. The van der Waals surface area contributed by atoms with E-state index in [9.17, 15) is 27.6 Å². The van der Waals surface area contributed by atoms with Crippen molar-refractivity contribution >= 4 is 75.3 Å². The summed E-state index contributed by atoms with van der Waals surface area (Å²) in [6, 6.07) is 0.0362. The summed E-state index contributed by atoms with van der Waals surface area (Å²) >= 11 is 1.75. The molecule has 4 atom stereocenters. The summed E-state index contributed by atoms with van der Waals surface area (Å²) in [7, 11) is -4.74. The van der Waals surface area contributed by atoms with Crippen LogP contribution < -0.4 is 10.6 Å². The molecule has 11 nitrogen and oxygen atoms in total. The molecule has 1 unspecified atom stereocenters. The quantitative estimate of drug-likeness (QED) is 0.140. The number of nitrogens with zero attached hydrogens (tertiary/aromatic N) is 1. The van der Waals surface area contributed by atoms with Crippen LogP contribution in [0.4, 0.5) is 4.79 Å². The zero-order chi connectivity index (χ0) is 19.8. The molecule has 3 aliphatic rings. The standard InChI is InChI=1S/C14H19N3O8S2.Na.H/c18-10-5-9(27(22,23)24)13(20)17(10)25-11(19)4-2-1-3-8-12-7(6-26-8)15-14(21)16-12;;/h7-9,12H,1-6H2,(H2,15,16,21)(H,22,23,24);;/t7-,8-,9?,12-;;/m0../s1. The molecular formula is C14H20N3NaO8S2. The molecule has 0 radical (unpaired) electrons. The Labute approximate surface area is 187 Å². The summed E-state index contributed by atoms with van der Waals surface area (Å²) in [5, 5.41) is 4.15. The number of rotatable bonds is 7. The second-order valence-electron chi connectivity index (χ2n) is 6.57. The van der Waals surface area contributed by atoms with Gasteiger partial charge in [0, 0.05) is 17.4 Å². The fraction of sp³-hybridized carbons (Fsp3) is 0.714. The van der Waals surface area contributed by atoms with E-state index in [0.717, 1.165) is 12.2 Å². The van der Waals surface area contributed by atoms with Gasteiger partial charge in [0.15, 0.2) is 5.25 Å². The maximum atomic E-state index is 11.8. The summed E-state index contributed by atoms with van der Waals surface area (Å²) in [5.41, 5.74) is 0. The summed E-state index contributed by atoms with van der Waals surface area (Å²) in [4.78, 5) is 51.2. The normalized spacial score (nSPS) is 29.2. The minimum absolute atomic E-state index is 0.